The van der Waals surface area contributed by atoms with Crippen molar-refractivity contribution in [3.05, 3.63) is 23.5 Å². The van der Waals surface area contributed by atoms with E-state index in [2.05, 4.69) is 10.4 Å². The number of hydrogen-bond donors (Lipinski definition) is 1. The van der Waals surface area contributed by atoms with Gasteiger partial charge in [0.15, 0.2) is 6.10 Å². The number of aromatic nitrogens is 2. The van der Waals surface area contributed by atoms with Crippen molar-refractivity contribution in [1.82, 2.24) is 14.7 Å². The van der Waals surface area contributed by atoms with Crippen LogP contribution in [0.5, 0.6) is 0 Å². The Labute approximate surface area is 162 Å². The lowest BCUT2D eigenvalue weighted by Gasteiger charge is -2.17. The van der Waals surface area contributed by atoms with Crippen LogP contribution in [0.2, 0.25) is 0 Å². The lowest BCUT2D eigenvalue weighted by molar-refractivity contribution is -0.158. The average Bonchev–Trinajstić information content (AvgIpc) is 3.04. The molecule has 1 aromatic rings. The molecule has 1 fully saturated rings. The van der Waals surface area contributed by atoms with Crippen molar-refractivity contribution < 1.29 is 23.9 Å². The fraction of sp³-hybridized carbons (Fsp3) is 0.526. The van der Waals surface area contributed by atoms with Crippen LogP contribution in [0.15, 0.2) is 12.2 Å². The fourth-order valence-corrected chi connectivity index (χ4v) is 3.62. The van der Waals surface area contributed by atoms with Crippen LogP contribution in [0, 0.1) is 25.7 Å². The topological polar surface area (TPSA) is 111 Å². The Morgan fingerprint density at radius 2 is 1.79 bits per heavy atom. The zero-order chi connectivity index (χ0) is 20.6. The SMILES string of the molecule is Cc1nn(C)c(C)c1NC(=O)[C@@H](C)OC(=O)CN1C(=O)[C@H]2CC=CC[C@@H]2C1=O. The van der Waals surface area contributed by atoms with Crippen molar-refractivity contribution >= 4 is 29.4 Å². The molecule has 150 valence electrons. The number of nitrogens with one attached hydrogen (secondary N) is 1. The van der Waals surface area contributed by atoms with Crippen LogP contribution < -0.4 is 5.32 Å². The van der Waals surface area contributed by atoms with Crippen molar-refractivity contribution in [1.29, 1.82) is 0 Å². The number of aryl methyl sites for hydroxylation is 2. The number of amides is 3. The van der Waals surface area contributed by atoms with Gasteiger partial charge in [-0.15, -0.1) is 0 Å². The number of carbonyl (C=O) groups excluding carboxylic acids is 4. The van der Waals surface area contributed by atoms with Crippen molar-refractivity contribution in [3.8, 4) is 0 Å². The minimum Gasteiger partial charge on any atom is -0.451 e. The first kappa shape index (κ1) is 19.8. The Kier molecular flexibility index (Phi) is 5.35. The standard InChI is InChI=1S/C19H24N4O5/c1-10-16(11(2)22(4)21-10)20-17(25)12(3)28-15(24)9-23-18(26)13-7-5-6-8-14(13)19(23)27/h5-6,12-14H,7-9H2,1-4H3,(H,20,25)/t12-,13+,14+/m1/s1. The maximum atomic E-state index is 12.4. The molecule has 1 saturated heterocycles. The first-order chi connectivity index (χ1) is 13.2. The summed E-state index contributed by atoms with van der Waals surface area (Å²) in [6, 6.07) is 0. The van der Waals surface area contributed by atoms with Crippen LogP contribution in [-0.4, -0.2) is 51.0 Å². The zero-order valence-electron chi connectivity index (χ0n) is 16.4. The van der Waals surface area contributed by atoms with Gasteiger partial charge in [0, 0.05) is 7.05 Å². The van der Waals surface area contributed by atoms with Gasteiger partial charge in [-0.05, 0) is 33.6 Å². The third-order valence-corrected chi connectivity index (χ3v) is 5.32. The molecule has 0 spiro atoms. The van der Waals surface area contributed by atoms with Gasteiger partial charge in [0.1, 0.15) is 6.54 Å². The van der Waals surface area contributed by atoms with Gasteiger partial charge in [-0.3, -0.25) is 28.8 Å². The first-order valence-electron chi connectivity index (χ1n) is 9.21. The Morgan fingerprint density at radius 3 is 2.29 bits per heavy atom. The van der Waals surface area contributed by atoms with Gasteiger partial charge in [-0.2, -0.15) is 5.10 Å². The lowest BCUT2D eigenvalue weighted by atomic mass is 9.85. The molecule has 2 heterocycles. The van der Waals surface area contributed by atoms with Gasteiger partial charge < -0.3 is 10.1 Å². The summed E-state index contributed by atoms with van der Waals surface area (Å²) in [6.45, 7) is 4.53. The number of nitrogens with zero attached hydrogens (tertiary/aromatic N) is 3. The molecule has 3 rings (SSSR count). The molecule has 9 nitrogen and oxygen atoms in total. The van der Waals surface area contributed by atoms with E-state index in [9.17, 15) is 19.2 Å². The maximum absolute atomic E-state index is 12.4. The maximum Gasteiger partial charge on any atom is 0.326 e. The highest BCUT2D eigenvalue weighted by atomic mass is 16.5. The van der Waals surface area contributed by atoms with E-state index in [-0.39, 0.29) is 11.8 Å². The smallest absolute Gasteiger partial charge is 0.326 e. The van der Waals surface area contributed by atoms with Gasteiger partial charge in [-0.25, -0.2) is 0 Å². The number of ether oxygens (including phenoxy) is 1. The summed E-state index contributed by atoms with van der Waals surface area (Å²) < 4.78 is 6.78. The molecule has 1 aliphatic heterocycles. The monoisotopic (exact) mass is 388 g/mol. The Bertz CT molecular complexity index is 846. The lowest BCUT2D eigenvalue weighted by Crippen LogP contribution is -2.39. The predicted molar refractivity (Wildman–Crippen MR) is 98.9 cm³/mol. The molecule has 0 unspecified atom stereocenters. The quantitative estimate of drug-likeness (QED) is 0.455. The van der Waals surface area contributed by atoms with Crippen LogP contribution in [0.3, 0.4) is 0 Å². The highest BCUT2D eigenvalue weighted by Crippen LogP contribution is 2.34. The molecule has 9 heteroatoms. The average molecular weight is 388 g/mol. The Morgan fingerprint density at radius 1 is 1.21 bits per heavy atom. The predicted octanol–water partition coefficient (Wildman–Crippen LogP) is 0.858. The summed E-state index contributed by atoms with van der Waals surface area (Å²) in [5, 5.41) is 6.91. The number of likely N-dealkylation sites (tertiary alicyclic amines) is 1. The van der Waals surface area contributed by atoms with Gasteiger partial charge in [0.2, 0.25) is 11.8 Å². The number of allylic oxidation sites excluding steroid dienone is 2. The molecule has 3 atom stereocenters. The second kappa shape index (κ2) is 7.57. The summed E-state index contributed by atoms with van der Waals surface area (Å²) in [5.74, 6) is -2.81. The number of hydrogen-bond acceptors (Lipinski definition) is 6. The van der Waals surface area contributed by atoms with Crippen molar-refractivity contribution in [2.24, 2.45) is 18.9 Å². The molecule has 1 aromatic heterocycles. The summed E-state index contributed by atoms with van der Waals surface area (Å²) >= 11 is 0. The first-order valence-corrected chi connectivity index (χ1v) is 9.21. The van der Waals surface area contributed by atoms with E-state index < -0.39 is 36.4 Å². The van der Waals surface area contributed by atoms with E-state index in [0.29, 0.717) is 24.2 Å². The molecule has 0 bridgehead atoms. The van der Waals surface area contributed by atoms with Crippen molar-refractivity contribution in [2.45, 2.75) is 39.7 Å². The van der Waals surface area contributed by atoms with Crippen molar-refractivity contribution in [2.75, 3.05) is 11.9 Å². The van der Waals surface area contributed by atoms with Gasteiger partial charge in [0.05, 0.1) is 28.9 Å². The summed E-state index contributed by atoms with van der Waals surface area (Å²) in [7, 11) is 1.76. The number of anilines is 1. The minimum absolute atomic E-state index is 0.352. The zero-order valence-corrected chi connectivity index (χ0v) is 16.4. The van der Waals surface area contributed by atoms with Crippen LogP contribution in [-0.2, 0) is 31.0 Å². The highest BCUT2D eigenvalue weighted by molar-refractivity contribution is 6.07. The summed E-state index contributed by atoms with van der Waals surface area (Å²) in [6.07, 6.45) is 3.68. The third kappa shape index (κ3) is 3.56. The van der Waals surface area contributed by atoms with Gasteiger partial charge in [-0.1, -0.05) is 12.2 Å². The molecule has 2 aliphatic rings. The molecule has 3 amide bonds. The normalized spacial score (nSPS) is 22.2. The number of imide groups is 1. The molecule has 0 radical (unpaired) electrons. The van der Waals surface area contributed by atoms with Crippen LogP contribution in [0.4, 0.5) is 5.69 Å². The third-order valence-electron chi connectivity index (χ3n) is 5.32. The Balaban J connectivity index is 1.58. The van der Waals surface area contributed by atoms with Gasteiger partial charge in [0.25, 0.3) is 5.91 Å². The minimum atomic E-state index is -1.08. The van der Waals surface area contributed by atoms with Crippen LogP contribution in [0.25, 0.3) is 0 Å². The Hall–Kier alpha value is -2.97. The molecule has 28 heavy (non-hydrogen) atoms. The molecule has 0 saturated carbocycles. The molecule has 1 N–H and O–H groups in total. The largest absolute Gasteiger partial charge is 0.451 e. The summed E-state index contributed by atoms with van der Waals surface area (Å²) in [4.78, 5) is 50.3. The second-order valence-corrected chi connectivity index (χ2v) is 7.21. The number of carbonyl (C=O) groups is 4. The molecule has 1 aliphatic carbocycles. The van der Waals surface area contributed by atoms with E-state index in [1.54, 1.807) is 18.7 Å². The van der Waals surface area contributed by atoms with Crippen LogP contribution >= 0.6 is 0 Å². The van der Waals surface area contributed by atoms with E-state index in [1.807, 2.05) is 19.1 Å². The van der Waals surface area contributed by atoms with E-state index in [0.717, 1.165) is 10.6 Å². The second-order valence-electron chi connectivity index (χ2n) is 7.21. The fourth-order valence-electron chi connectivity index (χ4n) is 3.62. The molecule has 0 aromatic carbocycles. The number of fused-ring (bicyclic) bond motifs is 1. The highest BCUT2D eigenvalue weighted by Gasteiger charge is 2.47. The van der Waals surface area contributed by atoms with Crippen molar-refractivity contribution in [3.63, 3.8) is 0 Å². The van der Waals surface area contributed by atoms with E-state index >= 15 is 0 Å². The summed E-state index contributed by atoms with van der Waals surface area (Å²) in [5.41, 5.74) is 1.99. The van der Waals surface area contributed by atoms with E-state index in [4.69, 9.17) is 4.74 Å². The van der Waals surface area contributed by atoms with E-state index in [1.165, 1.54) is 6.92 Å². The molecular weight excluding hydrogens is 364 g/mol. The number of esters is 1. The molecular formula is C19H24N4O5. The van der Waals surface area contributed by atoms with Crippen LogP contribution in [0.1, 0.15) is 31.2 Å². The van der Waals surface area contributed by atoms with Gasteiger partial charge >= 0.3 is 5.97 Å². The number of rotatable bonds is 5.